The summed E-state index contributed by atoms with van der Waals surface area (Å²) >= 11 is 0. The Morgan fingerprint density at radius 2 is 2.13 bits per heavy atom. The van der Waals surface area contributed by atoms with Gasteiger partial charge in [0.1, 0.15) is 5.75 Å². The Hall–Kier alpha value is -2.56. The number of hydrogen-bond acceptors (Lipinski definition) is 3. The zero-order valence-corrected chi connectivity index (χ0v) is 13.4. The molecular weight excluding hydrogens is 290 g/mol. The average molecular weight is 310 g/mol. The van der Waals surface area contributed by atoms with Gasteiger partial charge < -0.3 is 9.47 Å². The van der Waals surface area contributed by atoms with Gasteiger partial charge in [0.15, 0.2) is 11.4 Å². The predicted octanol–water partition coefficient (Wildman–Crippen LogP) is 2.71. The molecule has 3 aromatic rings. The van der Waals surface area contributed by atoms with Crippen LogP contribution in [0.15, 0.2) is 30.3 Å². The molecule has 1 aliphatic rings. The van der Waals surface area contributed by atoms with E-state index in [1.165, 1.54) is 16.8 Å². The van der Waals surface area contributed by atoms with E-state index in [9.17, 15) is 0 Å². The fraction of sp³-hybridized carbons (Fsp3) is 0.333. The summed E-state index contributed by atoms with van der Waals surface area (Å²) in [5, 5.41) is 4.63. The van der Waals surface area contributed by atoms with Crippen molar-refractivity contribution in [3.8, 4) is 22.9 Å². The summed E-state index contributed by atoms with van der Waals surface area (Å²) < 4.78 is 13.0. The summed E-state index contributed by atoms with van der Waals surface area (Å²) in [6, 6.07) is 10.2. The van der Waals surface area contributed by atoms with Crippen molar-refractivity contribution in [3.05, 3.63) is 41.6 Å². The molecule has 1 aromatic carbocycles. The van der Waals surface area contributed by atoms with Crippen LogP contribution in [-0.2, 0) is 12.8 Å². The summed E-state index contributed by atoms with van der Waals surface area (Å²) in [4.78, 5) is 3.50. The number of benzene rings is 1. The van der Waals surface area contributed by atoms with Crippen molar-refractivity contribution in [3.63, 3.8) is 0 Å². The van der Waals surface area contributed by atoms with Gasteiger partial charge in [-0.15, -0.1) is 0 Å². The highest BCUT2D eigenvalue weighted by molar-refractivity contribution is 5.68. The fourth-order valence-corrected chi connectivity index (χ4v) is 3.15. The number of nitrogens with one attached hydrogen (secondary N) is 1. The first-order chi connectivity index (χ1) is 11.3. The Morgan fingerprint density at radius 3 is 2.96 bits per heavy atom. The molecule has 1 aliphatic carbocycles. The van der Waals surface area contributed by atoms with Crippen LogP contribution < -0.4 is 14.5 Å². The lowest BCUT2D eigenvalue weighted by Crippen LogP contribution is -2.10. The second-order valence-electron chi connectivity index (χ2n) is 5.79. The molecule has 4 rings (SSSR count). The molecule has 1 N–H and O–H groups in total. The number of aromatic amines is 1. The van der Waals surface area contributed by atoms with Gasteiger partial charge in [0.2, 0.25) is 0 Å². The van der Waals surface area contributed by atoms with Crippen molar-refractivity contribution in [1.29, 1.82) is 0 Å². The van der Waals surface area contributed by atoms with Crippen molar-refractivity contribution in [2.45, 2.75) is 26.2 Å². The van der Waals surface area contributed by atoms with Gasteiger partial charge >= 0.3 is 5.65 Å². The van der Waals surface area contributed by atoms with E-state index in [1.54, 1.807) is 7.11 Å². The van der Waals surface area contributed by atoms with E-state index in [2.05, 4.69) is 29.1 Å². The highest BCUT2D eigenvalue weighted by Gasteiger charge is 2.28. The molecule has 0 spiro atoms. The molecule has 0 bridgehead atoms. The van der Waals surface area contributed by atoms with Gasteiger partial charge in [0, 0.05) is 24.1 Å². The molecule has 0 radical (unpaired) electrons. The SMILES string of the molecule is CCCOc1ccc2[nH+]c3c(n2n1)CCc1cc(OC)ccc1-3. The zero-order chi connectivity index (χ0) is 15.8. The summed E-state index contributed by atoms with van der Waals surface area (Å²) in [6.45, 7) is 2.78. The number of aromatic nitrogens is 3. The minimum absolute atomic E-state index is 0.673. The van der Waals surface area contributed by atoms with E-state index in [0.29, 0.717) is 12.5 Å². The number of rotatable bonds is 4. The molecule has 0 saturated carbocycles. The summed E-state index contributed by atoms with van der Waals surface area (Å²) in [6.07, 6.45) is 2.91. The minimum atomic E-state index is 0.673. The molecule has 0 aliphatic heterocycles. The second-order valence-corrected chi connectivity index (χ2v) is 5.79. The number of methoxy groups -OCH3 is 1. The topological polar surface area (TPSA) is 49.9 Å². The number of nitrogens with zero attached hydrogens (tertiary/aromatic N) is 2. The molecule has 5 nitrogen and oxygen atoms in total. The van der Waals surface area contributed by atoms with E-state index in [4.69, 9.17) is 9.47 Å². The van der Waals surface area contributed by atoms with Crippen LogP contribution in [0.1, 0.15) is 24.6 Å². The summed E-state index contributed by atoms with van der Waals surface area (Å²) in [7, 11) is 1.70. The average Bonchev–Trinajstić information content (AvgIpc) is 2.97. The largest absolute Gasteiger partial charge is 0.497 e. The highest BCUT2D eigenvalue weighted by Crippen LogP contribution is 2.33. The number of imidazole rings is 1. The third kappa shape index (κ3) is 2.32. The first-order valence-electron chi connectivity index (χ1n) is 8.04. The van der Waals surface area contributed by atoms with Crippen LogP contribution >= 0.6 is 0 Å². The van der Waals surface area contributed by atoms with Gasteiger partial charge in [-0.05, 0) is 41.7 Å². The van der Waals surface area contributed by atoms with E-state index in [-0.39, 0.29) is 0 Å². The maximum absolute atomic E-state index is 5.66. The van der Waals surface area contributed by atoms with E-state index >= 15 is 0 Å². The first kappa shape index (κ1) is 14.1. The van der Waals surface area contributed by atoms with Crippen LogP contribution in [0.2, 0.25) is 0 Å². The molecule has 0 amide bonds. The predicted molar refractivity (Wildman–Crippen MR) is 86.9 cm³/mol. The maximum Gasteiger partial charge on any atom is 0.305 e. The molecule has 23 heavy (non-hydrogen) atoms. The van der Waals surface area contributed by atoms with Crippen LogP contribution in [0.25, 0.3) is 16.9 Å². The van der Waals surface area contributed by atoms with Crippen molar-refractivity contribution >= 4 is 5.65 Å². The molecule has 0 saturated heterocycles. The van der Waals surface area contributed by atoms with Crippen LogP contribution in [0.3, 0.4) is 0 Å². The summed E-state index contributed by atoms with van der Waals surface area (Å²) in [5.41, 5.74) is 5.89. The zero-order valence-electron chi connectivity index (χ0n) is 13.4. The van der Waals surface area contributed by atoms with Gasteiger partial charge in [-0.2, -0.15) is 0 Å². The molecule has 2 aromatic heterocycles. The quantitative estimate of drug-likeness (QED) is 0.744. The lowest BCUT2D eigenvalue weighted by atomic mass is 9.92. The molecule has 0 fully saturated rings. The van der Waals surface area contributed by atoms with Crippen LogP contribution in [0.4, 0.5) is 0 Å². The molecular formula is C18H20N3O2+. The molecule has 118 valence electrons. The number of fused-ring (bicyclic) bond motifs is 5. The van der Waals surface area contributed by atoms with Crippen molar-refractivity contribution in [1.82, 2.24) is 9.61 Å². The number of aryl methyl sites for hydroxylation is 2. The van der Waals surface area contributed by atoms with E-state index in [1.807, 2.05) is 22.7 Å². The van der Waals surface area contributed by atoms with Gasteiger partial charge in [-0.3, -0.25) is 0 Å². The fourth-order valence-electron chi connectivity index (χ4n) is 3.15. The maximum atomic E-state index is 5.66. The van der Waals surface area contributed by atoms with Gasteiger partial charge in [-0.1, -0.05) is 11.4 Å². The molecule has 0 unspecified atom stereocenters. The standard InChI is InChI=1S/C18H19N3O2/c1-3-10-23-17-9-8-16-19-18-14-6-5-13(22-2)11-12(14)4-7-15(18)21(16)20-17/h5-6,8-9,11H,3-4,7,10H2,1-2H3/p+1. The monoisotopic (exact) mass is 310 g/mol. The first-order valence-corrected chi connectivity index (χ1v) is 8.04. The highest BCUT2D eigenvalue weighted by atomic mass is 16.5. The van der Waals surface area contributed by atoms with Crippen molar-refractivity contribution in [2.24, 2.45) is 0 Å². The number of H-pyrrole nitrogens is 1. The van der Waals surface area contributed by atoms with E-state index in [0.717, 1.165) is 36.4 Å². The Bertz CT molecular complexity index is 870. The normalized spacial score (nSPS) is 12.8. The number of ether oxygens (including phenoxy) is 2. The second kappa shape index (κ2) is 5.57. The van der Waals surface area contributed by atoms with Gasteiger partial charge in [0.25, 0.3) is 5.88 Å². The van der Waals surface area contributed by atoms with Crippen LogP contribution in [0, 0.1) is 0 Å². The molecule has 2 heterocycles. The Balaban J connectivity index is 1.82. The van der Waals surface area contributed by atoms with E-state index < -0.39 is 0 Å². The lowest BCUT2D eigenvalue weighted by Gasteiger charge is -2.13. The third-order valence-corrected chi connectivity index (χ3v) is 4.27. The van der Waals surface area contributed by atoms with Crippen LogP contribution in [0.5, 0.6) is 11.6 Å². The van der Waals surface area contributed by atoms with Crippen LogP contribution in [-0.4, -0.2) is 23.3 Å². The van der Waals surface area contributed by atoms with Crippen molar-refractivity contribution in [2.75, 3.05) is 13.7 Å². The smallest absolute Gasteiger partial charge is 0.305 e. The van der Waals surface area contributed by atoms with Gasteiger partial charge in [0.05, 0.1) is 13.7 Å². The number of hydrogen-bond donors (Lipinski definition) is 0. The minimum Gasteiger partial charge on any atom is -0.497 e. The summed E-state index contributed by atoms with van der Waals surface area (Å²) in [5.74, 6) is 1.58. The van der Waals surface area contributed by atoms with Gasteiger partial charge in [-0.25, -0.2) is 4.98 Å². The lowest BCUT2D eigenvalue weighted by molar-refractivity contribution is -0.331. The third-order valence-electron chi connectivity index (χ3n) is 4.27. The molecule has 0 atom stereocenters. The van der Waals surface area contributed by atoms with Crippen molar-refractivity contribution < 1.29 is 14.5 Å². The Kier molecular flexibility index (Phi) is 3.41. The Morgan fingerprint density at radius 1 is 1.22 bits per heavy atom. The Labute approximate surface area is 134 Å². The molecule has 5 heteroatoms.